The summed E-state index contributed by atoms with van der Waals surface area (Å²) in [5, 5.41) is 0. The number of pyridine rings is 1. The molecular weight excluding hydrogens is 830 g/mol. The normalized spacial score (nSPS) is 15.4. The molecule has 0 spiro atoms. The maximum absolute atomic E-state index is 2.71. The van der Waals surface area contributed by atoms with Crippen LogP contribution in [0.15, 0.2) is 125 Å². The summed E-state index contributed by atoms with van der Waals surface area (Å²) in [4.78, 5) is 8.04. The Morgan fingerprint density at radius 1 is 0.507 bits per heavy atom. The second-order valence-corrected chi connectivity index (χ2v) is 25.9. The molecule has 0 saturated heterocycles. The fourth-order valence-corrected chi connectivity index (χ4v) is 12.6. The second-order valence-electron chi connectivity index (χ2n) is 24.8. The van der Waals surface area contributed by atoms with E-state index in [9.17, 15) is 0 Å². The van der Waals surface area contributed by atoms with Crippen molar-refractivity contribution in [1.29, 1.82) is 0 Å². The first-order valence-corrected chi connectivity index (χ1v) is 25.3. The number of anilines is 6. The molecule has 0 radical (unpaired) electrons. The largest absolute Gasteiger partial charge is 0.311 e. The minimum atomic E-state index is -0.250. The molecule has 0 amide bonds. The van der Waals surface area contributed by atoms with E-state index in [1.165, 1.54) is 122 Å². The van der Waals surface area contributed by atoms with Crippen LogP contribution in [0.3, 0.4) is 0 Å². The predicted octanol–water partition coefficient (Wildman–Crippen LogP) is 14.5. The zero-order valence-corrected chi connectivity index (χ0v) is 43.6. The molecule has 1 aromatic heterocycles. The molecule has 5 heterocycles. The van der Waals surface area contributed by atoms with E-state index in [4.69, 9.17) is 0 Å². The molecule has 0 unspecified atom stereocenters. The fraction of sp³-hybridized carbons (Fsp3) is 0.339. The van der Waals surface area contributed by atoms with Gasteiger partial charge in [0.05, 0.1) is 17.1 Å². The fourth-order valence-electron chi connectivity index (χ4n) is 11.4. The summed E-state index contributed by atoms with van der Waals surface area (Å²) in [6, 6.07) is 43.7. The number of nitrogens with zero attached hydrogens (tertiary/aromatic N) is 3. The van der Waals surface area contributed by atoms with Crippen LogP contribution >= 0.6 is 11.8 Å². The van der Waals surface area contributed by atoms with Crippen LogP contribution in [0, 0.1) is 6.92 Å². The van der Waals surface area contributed by atoms with Gasteiger partial charge in [0.15, 0.2) is 6.20 Å². The Kier molecular flexibility index (Phi) is 9.37. The van der Waals surface area contributed by atoms with Gasteiger partial charge >= 0.3 is 0 Å². The highest BCUT2D eigenvalue weighted by atomic mass is 32.2. The summed E-state index contributed by atoms with van der Waals surface area (Å²) in [6.45, 7) is 35.6. The van der Waals surface area contributed by atoms with Gasteiger partial charge in [-0.2, -0.15) is 0 Å². The quantitative estimate of drug-likeness (QED) is 0.127. The third kappa shape index (κ3) is 6.64. The zero-order valence-electron chi connectivity index (χ0n) is 42.8. The predicted molar refractivity (Wildman–Crippen MR) is 288 cm³/mol. The van der Waals surface area contributed by atoms with E-state index in [0.29, 0.717) is 0 Å². The third-order valence-electron chi connectivity index (χ3n) is 15.6. The summed E-state index contributed by atoms with van der Waals surface area (Å²) in [6.07, 6.45) is 2.15. The van der Waals surface area contributed by atoms with Crippen molar-refractivity contribution in [3.05, 3.63) is 154 Å². The Bertz CT molecular complexity index is 3270. The molecule has 4 aliphatic heterocycles. The van der Waals surface area contributed by atoms with Gasteiger partial charge in [-0.1, -0.05) is 157 Å². The maximum Gasteiger partial charge on any atom is 0.252 e. The topological polar surface area (TPSA) is 10.4 Å². The Morgan fingerprint density at radius 2 is 1.06 bits per heavy atom. The van der Waals surface area contributed by atoms with E-state index in [-0.39, 0.29) is 33.8 Å². The van der Waals surface area contributed by atoms with Gasteiger partial charge in [-0.3, -0.25) is 0 Å². The zero-order chi connectivity index (χ0) is 47.7. The van der Waals surface area contributed by atoms with Crippen LogP contribution in [0.5, 0.6) is 0 Å². The maximum atomic E-state index is 2.71. The standard InChI is InChI=1S/C62H67BN3S/c1-36-20-21-37(27-43(36)48-19-17-18-26-64(48)16)38-28-51-55-52(29-38)66-50-25-23-40(59(5,6)7)34-53(50)67-54-35-42(61(11,12)13)33-47(57(54)66)63(55)46-32-41(60(8,9)10)31-45-56(46)65(51)49-24-22-39(58(2,3)4)30-44(49)62(45,14)15/h17-35H,1-16H3/q+1. The average molecular weight is 897 g/mol. The number of fused-ring (bicyclic) bond motifs is 8. The van der Waals surface area contributed by atoms with Crippen molar-refractivity contribution in [2.75, 3.05) is 9.80 Å². The van der Waals surface area contributed by atoms with Crippen LogP contribution in [0.25, 0.3) is 22.4 Å². The molecule has 5 heteroatoms. The summed E-state index contributed by atoms with van der Waals surface area (Å²) >= 11 is 1.97. The molecule has 67 heavy (non-hydrogen) atoms. The van der Waals surface area contributed by atoms with Crippen molar-refractivity contribution in [3.8, 4) is 22.4 Å². The molecule has 7 aromatic rings. The highest BCUT2D eigenvalue weighted by Gasteiger charge is 2.51. The molecule has 11 rings (SSSR count). The molecule has 338 valence electrons. The van der Waals surface area contributed by atoms with Gasteiger partial charge in [0.1, 0.15) is 7.05 Å². The monoisotopic (exact) mass is 897 g/mol. The second kappa shape index (κ2) is 14.3. The Labute approximate surface area is 405 Å². The summed E-state index contributed by atoms with van der Waals surface area (Å²) in [5.74, 6) is 0. The lowest BCUT2D eigenvalue weighted by Crippen LogP contribution is -2.63. The molecule has 0 N–H and O–H groups in total. The average Bonchev–Trinajstić information content (AvgIpc) is 3.25. The number of rotatable bonds is 2. The number of aryl methyl sites for hydroxylation is 2. The van der Waals surface area contributed by atoms with Crippen LogP contribution in [0.1, 0.15) is 136 Å². The molecule has 0 bridgehead atoms. The van der Waals surface area contributed by atoms with Crippen LogP contribution in [-0.4, -0.2) is 6.71 Å². The molecule has 6 aromatic carbocycles. The lowest BCUT2D eigenvalue weighted by atomic mass is 9.32. The summed E-state index contributed by atoms with van der Waals surface area (Å²) < 4.78 is 2.24. The Morgan fingerprint density at radius 3 is 1.69 bits per heavy atom. The molecule has 0 aliphatic carbocycles. The minimum Gasteiger partial charge on any atom is -0.311 e. The highest BCUT2D eigenvalue weighted by molar-refractivity contribution is 7.99. The number of hydrogen-bond donors (Lipinski definition) is 0. The first-order chi connectivity index (χ1) is 31.3. The van der Waals surface area contributed by atoms with Crippen molar-refractivity contribution in [3.63, 3.8) is 0 Å². The molecule has 0 fully saturated rings. The molecule has 3 nitrogen and oxygen atoms in total. The van der Waals surface area contributed by atoms with Crippen LogP contribution < -0.4 is 30.8 Å². The van der Waals surface area contributed by atoms with E-state index in [2.05, 4.69) is 241 Å². The van der Waals surface area contributed by atoms with Gasteiger partial charge in [0.25, 0.3) is 6.71 Å². The first kappa shape index (κ1) is 44.0. The van der Waals surface area contributed by atoms with Crippen LogP contribution in [-0.2, 0) is 34.1 Å². The Hall–Kier alpha value is -5.52. The van der Waals surface area contributed by atoms with Crippen molar-refractivity contribution >= 4 is 69.0 Å². The highest BCUT2D eigenvalue weighted by Crippen LogP contribution is 2.59. The van der Waals surface area contributed by atoms with Gasteiger partial charge in [0.2, 0.25) is 5.69 Å². The molecule has 0 atom stereocenters. The molecular formula is C62H67BN3S+. The number of aromatic nitrogens is 1. The van der Waals surface area contributed by atoms with E-state index in [1.807, 2.05) is 11.8 Å². The molecule has 4 aliphatic rings. The lowest BCUT2D eigenvalue weighted by molar-refractivity contribution is -0.660. The summed E-state index contributed by atoms with van der Waals surface area (Å²) in [7, 11) is 2.15. The lowest BCUT2D eigenvalue weighted by Gasteiger charge is -2.51. The SMILES string of the molecule is Cc1ccc(-c2cc3c4c(c2)N2c5ccc(C(C)(C)C)cc5C(C)(C)c5cc(C(C)(C)C)cc(c52)B4c2cc(C(C)(C)C)cc4c2N3c2ccc(C(C)(C)C)cc2S4)cc1-c1cccc[n+]1C. The Balaban J connectivity index is 1.30. The van der Waals surface area contributed by atoms with Gasteiger partial charge < -0.3 is 9.80 Å². The van der Waals surface area contributed by atoms with E-state index in [1.54, 1.807) is 0 Å². The van der Waals surface area contributed by atoms with Crippen molar-refractivity contribution in [2.24, 2.45) is 7.05 Å². The first-order valence-electron chi connectivity index (χ1n) is 24.5. The summed E-state index contributed by atoms with van der Waals surface area (Å²) in [5.41, 5.74) is 26.2. The third-order valence-corrected chi connectivity index (χ3v) is 16.7. The minimum absolute atomic E-state index is 0.00706. The van der Waals surface area contributed by atoms with Crippen LogP contribution in [0.2, 0.25) is 0 Å². The van der Waals surface area contributed by atoms with Gasteiger partial charge in [0, 0.05) is 50.0 Å². The van der Waals surface area contributed by atoms with E-state index < -0.39 is 0 Å². The van der Waals surface area contributed by atoms with E-state index >= 15 is 0 Å². The van der Waals surface area contributed by atoms with Gasteiger partial charge in [-0.15, -0.1) is 0 Å². The van der Waals surface area contributed by atoms with Crippen molar-refractivity contribution in [1.82, 2.24) is 0 Å². The van der Waals surface area contributed by atoms with E-state index in [0.717, 1.165) is 0 Å². The smallest absolute Gasteiger partial charge is 0.252 e. The van der Waals surface area contributed by atoms with Crippen LogP contribution in [0.4, 0.5) is 34.1 Å². The number of benzene rings is 6. The van der Waals surface area contributed by atoms with Crippen molar-refractivity contribution < 1.29 is 4.57 Å². The van der Waals surface area contributed by atoms with Gasteiger partial charge in [-0.05, 0) is 144 Å². The molecule has 0 saturated carbocycles. The number of hydrogen-bond acceptors (Lipinski definition) is 3. The van der Waals surface area contributed by atoms with Gasteiger partial charge in [-0.25, -0.2) is 4.57 Å². The van der Waals surface area contributed by atoms with Crippen molar-refractivity contribution in [2.45, 2.75) is 141 Å².